The van der Waals surface area contributed by atoms with Crippen molar-refractivity contribution in [3.8, 4) is 0 Å². The molecular formula is C19H28O4. The van der Waals surface area contributed by atoms with Crippen LogP contribution < -0.4 is 0 Å². The van der Waals surface area contributed by atoms with E-state index in [1.807, 2.05) is 6.92 Å². The van der Waals surface area contributed by atoms with Gasteiger partial charge in [-0.15, -0.1) is 0 Å². The third-order valence-electron chi connectivity index (χ3n) is 7.86. The lowest BCUT2D eigenvalue weighted by Gasteiger charge is -2.60. The van der Waals surface area contributed by atoms with Crippen LogP contribution >= 0.6 is 0 Å². The van der Waals surface area contributed by atoms with Crippen LogP contribution in [-0.2, 0) is 4.79 Å². The molecule has 4 aliphatic carbocycles. The number of aliphatic hydroxyl groups excluding tert-OH is 1. The molecule has 0 radical (unpaired) electrons. The maximum absolute atomic E-state index is 12.8. The topological polar surface area (TPSA) is 77.8 Å². The fraction of sp³-hybridized carbons (Fsp3) is 0.842. The van der Waals surface area contributed by atoms with Crippen molar-refractivity contribution in [2.75, 3.05) is 0 Å². The average Bonchev–Trinajstić information content (AvgIpc) is 2.87. The summed E-state index contributed by atoms with van der Waals surface area (Å²) in [5.41, 5.74) is 1.84. The van der Waals surface area contributed by atoms with E-state index >= 15 is 0 Å². The summed E-state index contributed by atoms with van der Waals surface area (Å²) in [5, 5.41) is 31.8. The van der Waals surface area contributed by atoms with Crippen LogP contribution in [0.25, 0.3) is 0 Å². The lowest BCUT2D eigenvalue weighted by molar-refractivity contribution is -0.328. The fourth-order valence-corrected chi connectivity index (χ4v) is 6.42. The van der Waals surface area contributed by atoms with Gasteiger partial charge in [-0.1, -0.05) is 25.0 Å². The molecule has 0 aromatic rings. The Bertz CT molecular complexity index is 592. The first-order valence-corrected chi connectivity index (χ1v) is 9.10. The Labute approximate surface area is 137 Å². The SMILES string of the molecule is CC12CCCC1=C1CC(=O)C3CCC(O)C(O)(O)C3(C)C1CC2. The van der Waals surface area contributed by atoms with E-state index in [1.165, 1.54) is 24.0 Å². The molecule has 4 nitrogen and oxygen atoms in total. The summed E-state index contributed by atoms with van der Waals surface area (Å²) in [5.74, 6) is -2.38. The quantitative estimate of drug-likeness (QED) is 0.473. The highest BCUT2D eigenvalue weighted by atomic mass is 16.5. The van der Waals surface area contributed by atoms with Gasteiger partial charge < -0.3 is 15.3 Å². The van der Waals surface area contributed by atoms with E-state index in [0.29, 0.717) is 12.8 Å². The molecule has 4 aliphatic rings. The second-order valence-electron chi connectivity index (χ2n) is 8.81. The second kappa shape index (κ2) is 4.68. The van der Waals surface area contributed by atoms with E-state index in [1.54, 1.807) is 0 Å². The number of rotatable bonds is 0. The van der Waals surface area contributed by atoms with Crippen LogP contribution in [0.4, 0.5) is 0 Å². The van der Waals surface area contributed by atoms with Gasteiger partial charge in [0.2, 0.25) is 0 Å². The van der Waals surface area contributed by atoms with Crippen molar-refractivity contribution in [1.29, 1.82) is 0 Å². The molecule has 4 heteroatoms. The third kappa shape index (κ3) is 1.80. The number of allylic oxidation sites excluding steroid dienone is 2. The zero-order valence-corrected chi connectivity index (χ0v) is 14.1. The second-order valence-corrected chi connectivity index (χ2v) is 8.81. The van der Waals surface area contributed by atoms with Crippen LogP contribution in [0.3, 0.4) is 0 Å². The molecule has 3 N–H and O–H groups in total. The van der Waals surface area contributed by atoms with Gasteiger partial charge in [0.15, 0.2) is 5.79 Å². The minimum atomic E-state index is -2.19. The summed E-state index contributed by atoms with van der Waals surface area (Å²) in [4.78, 5) is 12.8. The Balaban J connectivity index is 1.88. The summed E-state index contributed by atoms with van der Waals surface area (Å²) in [7, 11) is 0. The molecule has 0 spiro atoms. The molecule has 23 heavy (non-hydrogen) atoms. The molecule has 0 bridgehead atoms. The Morgan fingerprint density at radius 3 is 2.52 bits per heavy atom. The molecule has 0 aromatic carbocycles. The van der Waals surface area contributed by atoms with Crippen molar-refractivity contribution < 1.29 is 20.1 Å². The number of aliphatic hydroxyl groups is 3. The number of fused-ring (bicyclic) bond motifs is 4. The monoisotopic (exact) mass is 320 g/mol. The number of Topliss-reactive ketones (excluding diaryl/α,β-unsaturated/α-hetero) is 1. The summed E-state index contributed by atoms with van der Waals surface area (Å²) >= 11 is 0. The first kappa shape index (κ1) is 15.8. The molecule has 0 aromatic heterocycles. The highest BCUT2D eigenvalue weighted by molar-refractivity contribution is 5.86. The molecule has 0 aliphatic heterocycles. The van der Waals surface area contributed by atoms with Gasteiger partial charge in [0.25, 0.3) is 0 Å². The molecule has 5 unspecified atom stereocenters. The predicted octanol–water partition coefficient (Wildman–Crippen LogP) is 2.31. The lowest BCUT2D eigenvalue weighted by atomic mass is 9.47. The normalized spacial score (nSPS) is 48.7. The van der Waals surface area contributed by atoms with E-state index in [4.69, 9.17) is 0 Å². The lowest BCUT2D eigenvalue weighted by Crippen LogP contribution is -2.67. The molecule has 0 heterocycles. The van der Waals surface area contributed by atoms with Crippen molar-refractivity contribution in [2.24, 2.45) is 22.7 Å². The molecule has 3 saturated carbocycles. The minimum Gasteiger partial charge on any atom is -0.387 e. The molecule has 5 atom stereocenters. The Morgan fingerprint density at radius 1 is 1.04 bits per heavy atom. The number of carbonyl (C=O) groups is 1. The van der Waals surface area contributed by atoms with Gasteiger partial charge >= 0.3 is 0 Å². The molecule has 0 amide bonds. The molecular weight excluding hydrogens is 292 g/mol. The number of ketones is 1. The van der Waals surface area contributed by atoms with Crippen molar-refractivity contribution in [3.05, 3.63) is 11.1 Å². The smallest absolute Gasteiger partial charge is 0.196 e. The highest BCUT2D eigenvalue weighted by Gasteiger charge is 2.66. The summed E-state index contributed by atoms with van der Waals surface area (Å²) < 4.78 is 0. The van der Waals surface area contributed by atoms with Gasteiger partial charge in [0.05, 0.1) is 0 Å². The minimum absolute atomic E-state index is 0.0105. The number of hydrogen-bond acceptors (Lipinski definition) is 4. The molecule has 0 saturated heterocycles. The first-order chi connectivity index (χ1) is 10.7. The number of hydrogen-bond donors (Lipinski definition) is 3. The van der Waals surface area contributed by atoms with E-state index in [2.05, 4.69) is 6.92 Å². The maximum atomic E-state index is 12.8. The zero-order chi connectivity index (χ0) is 16.6. The molecule has 128 valence electrons. The summed E-state index contributed by atoms with van der Waals surface area (Å²) in [6.07, 6.45) is 5.51. The van der Waals surface area contributed by atoms with Gasteiger partial charge in [0, 0.05) is 17.8 Å². The predicted molar refractivity (Wildman–Crippen MR) is 85.3 cm³/mol. The largest absolute Gasteiger partial charge is 0.387 e. The fourth-order valence-electron chi connectivity index (χ4n) is 6.42. The standard InChI is InChI=1S/C19H28O4/c1-17-8-3-4-12(17)11-10-15(20)14-5-6-16(21)19(22,23)18(14,2)13(11)7-9-17/h13-14,16,21-23H,3-10H2,1-2H3. The van der Waals surface area contributed by atoms with Gasteiger partial charge in [-0.3, -0.25) is 4.79 Å². The van der Waals surface area contributed by atoms with E-state index in [-0.39, 0.29) is 29.5 Å². The van der Waals surface area contributed by atoms with Crippen molar-refractivity contribution in [2.45, 2.75) is 77.1 Å². The average molecular weight is 320 g/mol. The summed E-state index contributed by atoms with van der Waals surface area (Å²) in [6, 6.07) is 0. The Hall–Kier alpha value is -0.710. The van der Waals surface area contributed by atoms with Gasteiger partial charge in [-0.05, 0) is 56.3 Å². The Morgan fingerprint density at radius 2 is 1.78 bits per heavy atom. The van der Waals surface area contributed by atoms with Crippen LogP contribution in [0.1, 0.15) is 65.2 Å². The van der Waals surface area contributed by atoms with Crippen LogP contribution in [0.2, 0.25) is 0 Å². The van der Waals surface area contributed by atoms with Gasteiger partial charge in [-0.25, -0.2) is 0 Å². The molecule has 4 rings (SSSR count). The van der Waals surface area contributed by atoms with Crippen molar-refractivity contribution >= 4 is 5.78 Å². The van der Waals surface area contributed by atoms with Crippen LogP contribution in [-0.4, -0.2) is 33.0 Å². The van der Waals surface area contributed by atoms with Gasteiger partial charge in [0.1, 0.15) is 11.9 Å². The van der Waals surface area contributed by atoms with Crippen LogP contribution in [0, 0.1) is 22.7 Å². The summed E-state index contributed by atoms with van der Waals surface area (Å²) in [6.45, 7) is 4.14. The first-order valence-electron chi connectivity index (χ1n) is 9.10. The van der Waals surface area contributed by atoms with E-state index < -0.39 is 17.3 Å². The third-order valence-corrected chi connectivity index (χ3v) is 7.86. The van der Waals surface area contributed by atoms with E-state index in [0.717, 1.165) is 19.3 Å². The highest BCUT2D eigenvalue weighted by Crippen LogP contribution is 2.64. The Kier molecular flexibility index (Phi) is 3.21. The van der Waals surface area contributed by atoms with Crippen LogP contribution in [0.15, 0.2) is 11.1 Å². The van der Waals surface area contributed by atoms with Crippen molar-refractivity contribution in [1.82, 2.24) is 0 Å². The number of carbonyl (C=O) groups excluding carboxylic acids is 1. The molecule has 3 fully saturated rings. The van der Waals surface area contributed by atoms with Gasteiger partial charge in [-0.2, -0.15) is 0 Å². The van der Waals surface area contributed by atoms with Crippen molar-refractivity contribution in [3.63, 3.8) is 0 Å². The van der Waals surface area contributed by atoms with E-state index in [9.17, 15) is 20.1 Å². The van der Waals surface area contributed by atoms with Crippen LogP contribution in [0.5, 0.6) is 0 Å². The zero-order valence-electron chi connectivity index (χ0n) is 14.1. The maximum Gasteiger partial charge on any atom is 0.196 e.